The molecule has 0 saturated carbocycles. The molecule has 0 aromatic rings. The van der Waals surface area contributed by atoms with Gasteiger partial charge < -0.3 is 0 Å². The normalized spacial score (nSPS) is 31.7. The molecule has 18 heavy (non-hydrogen) atoms. The highest BCUT2D eigenvalue weighted by Crippen LogP contribution is 2.49. The van der Waals surface area contributed by atoms with Crippen LogP contribution in [0.1, 0.15) is 27.7 Å². The minimum absolute atomic E-state index is 0.0995. The molecule has 1 heterocycles. The second-order valence-corrected chi connectivity index (χ2v) is 13.0. The second kappa shape index (κ2) is 7.92. The third kappa shape index (κ3) is 5.14. The van der Waals surface area contributed by atoms with E-state index in [0.717, 1.165) is 11.5 Å². The molecule has 6 heteroatoms. The summed E-state index contributed by atoms with van der Waals surface area (Å²) in [7, 11) is 0. The van der Waals surface area contributed by atoms with Gasteiger partial charge in [0, 0.05) is 22.0 Å². The molecule has 0 amide bonds. The van der Waals surface area contributed by atoms with Gasteiger partial charge in [0.1, 0.15) is 0 Å². The molecule has 1 rings (SSSR count). The van der Waals surface area contributed by atoms with E-state index in [1.165, 1.54) is 11.5 Å². The van der Waals surface area contributed by atoms with Crippen molar-refractivity contribution in [1.82, 2.24) is 0 Å². The van der Waals surface area contributed by atoms with Gasteiger partial charge in [-0.15, -0.1) is 23.5 Å². The number of hydrogen-bond donors (Lipinski definition) is 2. The van der Waals surface area contributed by atoms with E-state index in [1.54, 1.807) is 0 Å². The standard InChI is InChI=1S/C12H24S6/c1-5-17-11(3,13)9-7-16-10(8-15-9)12(4,14)18-6-2/h9-10,13-14H,5-8H2,1-4H3. The molecule has 0 radical (unpaired) electrons. The zero-order valence-electron chi connectivity index (χ0n) is 11.5. The van der Waals surface area contributed by atoms with Crippen LogP contribution in [-0.2, 0) is 0 Å². The maximum absolute atomic E-state index is 4.86. The minimum atomic E-state index is 0.0995. The van der Waals surface area contributed by atoms with Crippen molar-refractivity contribution in [2.75, 3.05) is 23.0 Å². The Morgan fingerprint density at radius 3 is 1.50 bits per heavy atom. The van der Waals surface area contributed by atoms with E-state index in [1.807, 2.05) is 23.5 Å². The van der Waals surface area contributed by atoms with Crippen LogP contribution in [0.4, 0.5) is 0 Å². The van der Waals surface area contributed by atoms with E-state index < -0.39 is 0 Å². The van der Waals surface area contributed by atoms with Crippen LogP contribution in [-0.4, -0.2) is 41.7 Å². The summed E-state index contributed by atoms with van der Waals surface area (Å²) in [5, 5.41) is 1.28. The highest BCUT2D eigenvalue weighted by atomic mass is 32.2. The molecular formula is C12H24S6. The first-order chi connectivity index (χ1) is 8.33. The van der Waals surface area contributed by atoms with Crippen LogP contribution in [0.5, 0.6) is 0 Å². The van der Waals surface area contributed by atoms with Crippen LogP contribution in [0.25, 0.3) is 0 Å². The lowest BCUT2D eigenvalue weighted by molar-refractivity contribution is 0.831. The summed E-state index contributed by atoms with van der Waals surface area (Å²) in [6, 6.07) is 0. The van der Waals surface area contributed by atoms with E-state index >= 15 is 0 Å². The average Bonchev–Trinajstić information content (AvgIpc) is 2.29. The summed E-state index contributed by atoms with van der Waals surface area (Å²) in [5.41, 5.74) is 0. The zero-order valence-corrected chi connectivity index (χ0v) is 16.6. The molecule has 0 aromatic heterocycles. The SMILES string of the molecule is CCSC(C)(S)C1CSC(C(C)(S)SCC)CS1. The van der Waals surface area contributed by atoms with E-state index in [2.05, 4.69) is 51.2 Å². The maximum Gasteiger partial charge on any atom is 0.0679 e. The summed E-state index contributed by atoms with van der Waals surface area (Å²) < 4.78 is 0.199. The smallest absolute Gasteiger partial charge is 0.0679 e. The van der Waals surface area contributed by atoms with Crippen molar-refractivity contribution >= 4 is 72.3 Å². The molecule has 4 atom stereocenters. The van der Waals surface area contributed by atoms with Gasteiger partial charge in [-0.05, 0) is 25.4 Å². The lowest BCUT2D eigenvalue weighted by atomic mass is 10.3. The molecule has 0 aromatic carbocycles. The second-order valence-electron chi connectivity index (χ2n) is 4.62. The number of rotatable bonds is 6. The van der Waals surface area contributed by atoms with Gasteiger partial charge in [-0.1, -0.05) is 13.8 Å². The predicted molar refractivity (Wildman–Crippen MR) is 104 cm³/mol. The van der Waals surface area contributed by atoms with Crippen LogP contribution in [0.3, 0.4) is 0 Å². The summed E-state index contributed by atoms with van der Waals surface area (Å²) in [6.45, 7) is 8.96. The van der Waals surface area contributed by atoms with E-state index in [-0.39, 0.29) is 8.16 Å². The van der Waals surface area contributed by atoms with Crippen molar-refractivity contribution in [1.29, 1.82) is 0 Å². The third-order valence-electron chi connectivity index (χ3n) is 2.97. The molecule has 0 aliphatic carbocycles. The Bertz CT molecular complexity index is 219. The largest absolute Gasteiger partial charge is 0.161 e. The number of thiol groups is 2. The topological polar surface area (TPSA) is 0 Å². The maximum atomic E-state index is 4.86. The number of thioether (sulfide) groups is 4. The lowest BCUT2D eigenvalue weighted by Crippen LogP contribution is -2.40. The lowest BCUT2D eigenvalue weighted by Gasteiger charge is -2.41. The molecule has 1 aliphatic heterocycles. The number of hydrogen-bond acceptors (Lipinski definition) is 6. The van der Waals surface area contributed by atoms with Crippen LogP contribution < -0.4 is 0 Å². The minimum Gasteiger partial charge on any atom is -0.161 e. The molecule has 0 N–H and O–H groups in total. The van der Waals surface area contributed by atoms with Gasteiger partial charge in [0.15, 0.2) is 0 Å². The van der Waals surface area contributed by atoms with E-state index in [9.17, 15) is 0 Å². The molecule has 1 fully saturated rings. The summed E-state index contributed by atoms with van der Waals surface area (Å²) in [4.78, 5) is 0. The van der Waals surface area contributed by atoms with Gasteiger partial charge >= 0.3 is 0 Å². The zero-order chi connectivity index (χ0) is 13.8. The Kier molecular flexibility index (Phi) is 7.99. The molecule has 4 unspecified atom stereocenters. The van der Waals surface area contributed by atoms with Crippen molar-refractivity contribution in [3.05, 3.63) is 0 Å². The Morgan fingerprint density at radius 2 is 1.28 bits per heavy atom. The van der Waals surface area contributed by atoms with Gasteiger partial charge in [-0.2, -0.15) is 48.8 Å². The first-order valence-electron chi connectivity index (χ1n) is 6.29. The van der Waals surface area contributed by atoms with Crippen molar-refractivity contribution < 1.29 is 0 Å². The monoisotopic (exact) mass is 360 g/mol. The third-order valence-corrected chi connectivity index (χ3v) is 10.9. The fraction of sp³-hybridized carbons (Fsp3) is 1.00. The van der Waals surface area contributed by atoms with Crippen LogP contribution in [0, 0.1) is 0 Å². The van der Waals surface area contributed by atoms with Crippen molar-refractivity contribution in [3.8, 4) is 0 Å². The average molecular weight is 361 g/mol. The molecule has 1 aliphatic rings. The molecule has 0 spiro atoms. The fourth-order valence-corrected chi connectivity index (χ4v) is 9.62. The Balaban J connectivity index is 2.50. The quantitative estimate of drug-likeness (QED) is 0.505. The van der Waals surface area contributed by atoms with Crippen LogP contribution in [0.2, 0.25) is 0 Å². The Hall–Kier alpha value is 2.10. The predicted octanol–water partition coefficient (Wildman–Crippen LogP) is 5.00. The first kappa shape index (κ1) is 18.1. The molecular weight excluding hydrogens is 337 g/mol. The summed E-state index contributed by atoms with van der Waals surface area (Å²) >= 11 is 17.8. The van der Waals surface area contributed by atoms with Gasteiger partial charge in [0.25, 0.3) is 0 Å². The summed E-state index contributed by atoms with van der Waals surface area (Å²) in [5.74, 6) is 4.67. The first-order valence-corrected chi connectivity index (χ1v) is 11.3. The highest BCUT2D eigenvalue weighted by molar-refractivity contribution is 8.16. The van der Waals surface area contributed by atoms with Crippen LogP contribution >= 0.6 is 72.3 Å². The molecule has 1 saturated heterocycles. The van der Waals surface area contributed by atoms with Gasteiger partial charge in [-0.25, -0.2) is 0 Å². The van der Waals surface area contributed by atoms with E-state index in [4.69, 9.17) is 25.3 Å². The van der Waals surface area contributed by atoms with Crippen molar-refractivity contribution in [3.63, 3.8) is 0 Å². The van der Waals surface area contributed by atoms with Gasteiger partial charge in [-0.3, -0.25) is 0 Å². The highest BCUT2D eigenvalue weighted by Gasteiger charge is 2.40. The Labute approximate surface area is 141 Å². The summed E-state index contributed by atoms with van der Waals surface area (Å²) in [6.07, 6.45) is 0. The van der Waals surface area contributed by atoms with Gasteiger partial charge in [0.05, 0.1) is 8.16 Å². The fourth-order valence-electron chi connectivity index (χ4n) is 1.89. The Morgan fingerprint density at radius 1 is 0.944 bits per heavy atom. The molecule has 0 bridgehead atoms. The van der Waals surface area contributed by atoms with Gasteiger partial charge in [0.2, 0.25) is 0 Å². The molecule has 108 valence electrons. The van der Waals surface area contributed by atoms with Crippen molar-refractivity contribution in [2.24, 2.45) is 0 Å². The van der Waals surface area contributed by atoms with E-state index in [0.29, 0.717) is 10.5 Å². The van der Waals surface area contributed by atoms with Crippen molar-refractivity contribution in [2.45, 2.75) is 46.4 Å². The van der Waals surface area contributed by atoms with Crippen LogP contribution in [0.15, 0.2) is 0 Å². The molecule has 0 nitrogen and oxygen atoms in total.